The molecule has 1 saturated carbocycles. The molecule has 0 spiro atoms. The SMILES string of the molecule is Cl.O=C(CCC1CCNC1)NCC1(c2ccc3c(c2)OCO3)CCCCC1. The number of nitrogens with one attached hydrogen (secondary N) is 2. The van der Waals surface area contributed by atoms with Gasteiger partial charge in [0.15, 0.2) is 11.5 Å². The molecule has 0 radical (unpaired) electrons. The van der Waals surface area contributed by atoms with E-state index >= 15 is 0 Å². The van der Waals surface area contributed by atoms with Gasteiger partial charge in [0.2, 0.25) is 12.7 Å². The lowest BCUT2D eigenvalue weighted by Gasteiger charge is -2.38. The zero-order valence-electron chi connectivity index (χ0n) is 15.9. The minimum atomic E-state index is 0. The van der Waals surface area contributed by atoms with Gasteiger partial charge in [-0.3, -0.25) is 4.79 Å². The van der Waals surface area contributed by atoms with Gasteiger partial charge in [-0.1, -0.05) is 25.3 Å². The molecular formula is C21H31ClN2O3. The quantitative estimate of drug-likeness (QED) is 0.774. The van der Waals surface area contributed by atoms with Crippen molar-refractivity contribution in [3.05, 3.63) is 23.8 Å². The van der Waals surface area contributed by atoms with E-state index in [4.69, 9.17) is 9.47 Å². The molecule has 150 valence electrons. The van der Waals surface area contributed by atoms with Gasteiger partial charge in [0, 0.05) is 18.4 Å². The molecule has 2 heterocycles. The summed E-state index contributed by atoms with van der Waals surface area (Å²) in [6.07, 6.45) is 8.82. The average molecular weight is 395 g/mol. The van der Waals surface area contributed by atoms with Crippen LogP contribution in [0.1, 0.15) is 56.9 Å². The second-order valence-corrected chi connectivity index (χ2v) is 8.08. The summed E-state index contributed by atoms with van der Waals surface area (Å²) < 4.78 is 11.0. The summed E-state index contributed by atoms with van der Waals surface area (Å²) in [7, 11) is 0. The van der Waals surface area contributed by atoms with Crippen LogP contribution in [0.5, 0.6) is 11.5 Å². The molecule has 1 unspecified atom stereocenters. The second-order valence-electron chi connectivity index (χ2n) is 8.08. The number of halogens is 1. The largest absolute Gasteiger partial charge is 0.454 e. The number of ether oxygens (including phenoxy) is 2. The summed E-state index contributed by atoms with van der Waals surface area (Å²) in [5, 5.41) is 6.63. The molecule has 2 fully saturated rings. The van der Waals surface area contributed by atoms with Gasteiger partial charge in [0.25, 0.3) is 0 Å². The predicted molar refractivity (Wildman–Crippen MR) is 108 cm³/mol. The third-order valence-electron chi connectivity index (χ3n) is 6.36. The highest BCUT2D eigenvalue weighted by Gasteiger charge is 2.35. The molecule has 1 aliphatic carbocycles. The third-order valence-corrected chi connectivity index (χ3v) is 6.36. The number of benzene rings is 1. The number of carbonyl (C=O) groups excluding carboxylic acids is 1. The highest BCUT2D eigenvalue weighted by molar-refractivity contribution is 5.85. The summed E-state index contributed by atoms with van der Waals surface area (Å²) in [6, 6.07) is 6.31. The van der Waals surface area contributed by atoms with Crippen LogP contribution in [0.2, 0.25) is 0 Å². The molecule has 27 heavy (non-hydrogen) atoms. The first-order chi connectivity index (χ1) is 12.8. The fourth-order valence-corrected chi connectivity index (χ4v) is 4.67. The molecule has 1 aromatic rings. The fraction of sp³-hybridized carbons (Fsp3) is 0.667. The van der Waals surface area contributed by atoms with Crippen LogP contribution >= 0.6 is 12.4 Å². The van der Waals surface area contributed by atoms with E-state index < -0.39 is 0 Å². The topological polar surface area (TPSA) is 59.6 Å². The van der Waals surface area contributed by atoms with Gasteiger partial charge in [-0.05, 0) is 62.4 Å². The van der Waals surface area contributed by atoms with Crippen LogP contribution in [0.15, 0.2) is 18.2 Å². The first-order valence-electron chi connectivity index (χ1n) is 10.1. The van der Waals surface area contributed by atoms with Gasteiger partial charge in [0.1, 0.15) is 0 Å². The lowest BCUT2D eigenvalue weighted by Crippen LogP contribution is -2.42. The van der Waals surface area contributed by atoms with Gasteiger partial charge in [0.05, 0.1) is 0 Å². The zero-order valence-corrected chi connectivity index (χ0v) is 16.7. The molecule has 4 rings (SSSR count). The Hall–Kier alpha value is -1.46. The van der Waals surface area contributed by atoms with E-state index in [1.807, 2.05) is 6.07 Å². The Bertz CT molecular complexity index is 640. The normalized spacial score (nSPS) is 22.9. The molecule has 6 heteroatoms. The lowest BCUT2D eigenvalue weighted by atomic mass is 9.69. The number of rotatable bonds is 6. The van der Waals surface area contributed by atoms with Crippen molar-refractivity contribution in [2.45, 2.75) is 56.8 Å². The maximum absolute atomic E-state index is 12.4. The molecule has 5 nitrogen and oxygen atoms in total. The molecule has 1 aromatic carbocycles. The summed E-state index contributed by atoms with van der Waals surface area (Å²) in [5.74, 6) is 2.53. The number of hydrogen-bond acceptors (Lipinski definition) is 4. The Kier molecular flexibility index (Phi) is 6.88. The summed E-state index contributed by atoms with van der Waals surface area (Å²) >= 11 is 0. The average Bonchev–Trinajstić information content (AvgIpc) is 3.36. The lowest BCUT2D eigenvalue weighted by molar-refractivity contribution is -0.121. The monoisotopic (exact) mass is 394 g/mol. The molecule has 3 aliphatic rings. The Morgan fingerprint density at radius 2 is 2.00 bits per heavy atom. The van der Waals surface area contributed by atoms with Crippen LogP contribution < -0.4 is 20.1 Å². The van der Waals surface area contributed by atoms with E-state index in [0.717, 1.165) is 50.4 Å². The van der Waals surface area contributed by atoms with Crippen LogP contribution in [0, 0.1) is 5.92 Å². The number of fused-ring (bicyclic) bond motifs is 1. The van der Waals surface area contributed by atoms with Crippen LogP contribution in [0.3, 0.4) is 0 Å². The van der Waals surface area contributed by atoms with Crippen LogP contribution in [-0.2, 0) is 10.2 Å². The van der Waals surface area contributed by atoms with E-state index in [2.05, 4.69) is 22.8 Å². The predicted octanol–water partition coefficient (Wildman–Crippen LogP) is 3.54. The number of amides is 1. The maximum atomic E-state index is 12.4. The zero-order chi connectivity index (χ0) is 17.8. The fourth-order valence-electron chi connectivity index (χ4n) is 4.67. The summed E-state index contributed by atoms with van der Waals surface area (Å²) in [5.41, 5.74) is 1.31. The smallest absolute Gasteiger partial charge is 0.231 e. The van der Waals surface area contributed by atoms with Crippen LogP contribution in [0.25, 0.3) is 0 Å². The Labute approximate surface area is 168 Å². The molecule has 2 N–H and O–H groups in total. The highest BCUT2D eigenvalue weighted by atomic mass is 35.5. The maximum Gasteiger partial charge on any atom is 0.231 e. The standard InChI is InChI=1S/C21H30N2O3.ClH/c24-20(7-4-16-8-11-22-13-16)23-14-21(9-2-1-3-10-21)17-5-6-18-19(12-17)26-15-25-18;/h5-6,12,16,22H,1-4,7-11,13-15H2,(H,23,24);1H. The van der Waals surface area contributed by atoms with Crippen molar-refractivity contribution < 1.29 is 14.3 Å². The van der Waals surface area contributed by atoms with Crippen molar-refractivity contribution in [1.29, 1.82) is 0 Å². The van der Waals surface area contributed by atoms with E-state index in [-0.39, 0.29) is 23.7 Å². The molecule has 1 amide bonds. The van der Waals surface area contributed by atoms with Gasteiger partial charge in [-0.25, -0.2) is 0 Å². The van der Waals surface area contributed by atoms with Crippen molar-refractivity contribution in [3.63, 3.8) is 0 Å². The second kappa shape index (κ2) is 9.16. The van der Waals surface area contributed by atoms with E-state index in [1.54, 1.807) is 0 Å². The molecule has 0 aromatic heterocycles. The van der Waals surface area contributed by atoms with Crippen molar-refractivity contribution in [2.24, 2.45) is 5.92 Å². The third kappa shape index (κ3) is 4.69. The van der Waals surface area contributed by atoms with Crippen LogP contribution in [0.4, 0.5) is 0 Å². The van der Waals surface area contributed by atoms with Gasteiger partial charge < -0.3 is 20.1 Å². The Morgan fingerprint density at radius 3 is 2.78 bits per heavy atom. The summed E-state index contributed by atoms with van der Waals surface area (Å²) in [6.45, 7) is 3.20. The van der Waals surface area contributed by atoms with Crippen LogP contribution in [-0.4, -0.2) is 32.3 Å². The van der Waals surface area contributed by atoms with Crippen molar-refractivity contribution >= 4 is 18.3 Å². The van der Waals surface area contributed by atoms with Crippen molar-refractivity contribution in [3.8, 4) is 11.5 Å². The number of carbonyl (C=O) groups is 1. The van der Waals surface area contributed by atoms with E-state index in [0.29, 0.717) is 19.1 Å². The minimum absolute atomic E-state index is 0. The molecular weight excluding hydrogens is 364 g/mol. The molecule has 2 aliphatic heterocycles. The van der Waals surface area contributed by atoms with Gasteiger partial charge >= 0.3 is 0 Å². The highest BCUT2D eigenvalue weighted by Crippen LogP contribution is 2.43. The minimum Gasteiger partial charge on any atom is -0.454 e. The Balaban J connectivity index is 0.00000210. The molecule has 1 saturated heterocycles. The van der Waals surface area contributed by atoms with E-state index in [9.17, 15) is 4.79 Å². The first kappa shape index (κ1) is 20.3. The van der Waals surface area contributed by atoms with E-state index in [1.165, 1.54) is 31.2 Å². The summed E-state index contributed by atoms with van der Waals surface area (Å²) in [4.78, 5) is 12.4. The Morgan fingerprint density at radius 1 is 1.19 bits per heavy atom. The van der Waals surface area contributed by atoms with Gasteiger partial charge in [-0.2, -0.15) is 0 Å². The van der Waals surface area contributed by atoms with Crippen molar-refractivity contribution in [1.82, 2.24) is 10.6 Å². The first-order valence-corrected chi connectivity index (χ1v) is 10.1. The van der Waals surface area contributed by atoms with Crippen molar-refractivity contribution in [2.75, 3.05) is 26.4 Å². The van der Waals surface area contributed by atoms with Gasteiger partial charge in [-0.15, -0.1) is 12.4 Å². The number of hydrogen-bond donors (Lipinski definition) is 2. The molecule has 0 bridgehead atoms. The molecule has 1 atom stereocenters.